The number of aromatic nitrogens is 2. The molecule has 6 rings (SSSR count). The Balaban J connectivity index is 0.000000373. The Bertz CT molecular complexity index is 1420. The molecule has 10 nitrogen and oxygen atoms in total. The van der Waals surface area contributed by atoms with Crippen molar-refractivity contribution >= 4 is 0 Å². The average molecular weight is 865 g/mol. The number of aryl methyl sites for hydroxylation is 3. The molecular weight excluding hydrogens is 767 g/mol. The zero-order chi connectivity index (χ0) is 46.0. The van der Waals surface area contributed by atoms with Crippen LogP contribution in [0.1, 0.15) is 137 Å². The minimum Gasteiger partial charge on any atom is -0.391 e. The van der Waals surface area contributed by atoms with Gasteiger partial charge in [-0.25, -0.2) is 9.13 Å². The number of aliphatic hydroxyl groups excluding tert-OH is 1. The van der Waals surface area contributed by atoms with E-state index in [0.29, 0.717) is 6.17 Å². The molecule has 354 valence electrons. The van der Waals surface area contributed by atoms with Crippen LogP contribution in [0.5, 0.6) is 0 Å². The third kappa shape index (κ3) is 26.0. The molecule has 6 heterocycles. The van der Waals surface area contributed by atoms with Crippen LogP contribution in [0.25, 0.3) is 0 Å². The van der Waals surface area contributed by atoms with Crippen LogP contribution in [0.3, 0.4) is 0 Å². The molecule has 1 saturated heterocycles. The van der Waals surface area contributed by atoms with Gasteiger partial charge in [0.2, 0.25) is 0 Å². The third-order valence-corrected chi connectivity index (χ3v) is 11.9. The fourth-order valence-corrected chi connectivity index (χ4v) is 7.30. The first-order chi connectivity index (χ1) is 29.9. The molecule has 1 fully saturated rings. The van der Waals surface area contributed by atoms with E-state index >= 15 is 0 Å². The van der Waals surface area contributed by atoms with Crippen molar-refractivity contribution in [3.8, 4) is 0 Å². The Labute approximate surface area is 383 Å². The zero-order valence-electron chi connectivity index (χ0n) is 42.4. The number of quaternary nitrogens is 1. The summed E-state index contributed by atoms with van der Waals surface area (Å²) in [6.07, 6.45) is 37.8. The first-order valence-corrected chi connectivity index (χ1v) is 24.7. The van der Waals surface area contributed by atoms with Gasteiger partial charge >= 0.3 is 0 Å². The monoisotopic (exact) mass is 865 g/mol. The average Bonchev–Trinajstić information content (AvgIpc) is 4.11. The topological polar surface area (TPSA) is 47.4 Å². The number of hydrogen-bond donors (Lipinski definition) is 1. The maximum atomic E-state index is 8.74. The Hall–Kier alpha value is -3.76. The SMILES string of the molecule is CCCCCCN1C=CN(C)C1.CCCCN1C=CN(C)C1C.CCCC[N+]1(C)CCCC1.CCCC[n+]1ccc(C)cc1.CCN1C=CN(C)C1.CC[n+]1cccc(CO)c1. The van der Waals surface area contributed by atoms with Gasteiger partial charge in [-0.05, 0) is 58.6 Å². The van der Waals surface area contributed by atoms with Crippen LogP contribution in [-0.2, 0) is 19.7 Å². The maximum absolute atomic E-state index is 8.74. The van der Waals surface area contributed by atoms with Crippen molar-refractivity contribution in [3.63, 3.8) is 0 Å². The Morgan fingerprint density at radius 1 is 0.661 bits per heavy atom. The van der Waals surface area contributed by atoms with Crippen LogP contribution in [-0.4, -0.2) is 126 Å². The zero-order valence-corrected chi connectivity index (χ0v) is 42.4. The van der Waals surface area contributed by atoms with Gasteiger partial charge in [0, 0.05) is 121 Å². The highest BCUT2D eigenvalue weighted by molar-refractivity contribution is 5.03. The standard InChI is InChI=1S/C10H20N2.C10H16N.C9H18N2.C9H20N.C8H12NO.C6H12N2/c1-3-4-5-6-7-12-9-8-11(2)10-12;1-3-4-7-11-8-5-10(2)6-9-11;1-4-5-6-11-8-7-10(3)9(11)2;1-3-4-7-10(2)8-5-6-9-10;1-2-9-5-3-4-8(6-9)7-10;1-3-8-5-4-7(2)6-8/h8-9H,3-7,10H2,1-2H3;5-6,8-9H,3-4,7H2,1-2H3;7-9H,4-6H2,1-3H3;3-9H2,1-2H3;3-6,10H,2,7H2,1H3;4-5H,3,6H2,1-2H3/q;+1;;2*+1;. The van der Waals surface area contributed by atoms with Crippen molar-refractivity contribution in [1.29, 1.82) is 0 Å². The van der Waals surface area contributed by atoms with Crippen molar-refractivity contribution in [2.75, 3.05) is 80.8 Å². The number of unbranched alkanes of at least 4 members (excludes halogenated alkanes) is 6. The van der Waals surface area contributed by atoms with Crippen molar-refractivity contribution < 1.29 is 18.7 Å². The lowest BCUT2D eigenvalue weighted by molar-refractivity contribution is -0.897. The Kier molecular flexibility index (Phi) is 31.5. The molecule has 10 heteroatoms. The molecule has 0 radical (unpaired) electrons. The number of likely N-dealkylation sites (tertiary alicyclic amines) is 1. The quantitative estimate of drug-likeness (QED) is 0.0967. The molecular formula is C52H98N9O+3. The van der Waals surface area contributed by atoms with E-state index in [1.165, 1.54) is 120 Å². The lowest BCUT2D eigenvalue weighted by atomic mass is 10.2. The fourth-order valence-electron chi connectivity index (χ4n) is 7.30. The van der Waals surface area contributed by atoms with E-state index in [0.717, 1.165) is 38.5 Å². The van der Waals surface area contributed by atoms with E-state index in [-0.39, 0.29) is 6.61 Å². The van der Waals surface area contributed by atoms with Crippen LogP contribution >= 0.6 is 0 Å². The van der Waals surface area contributed by atoms with Crippen LogP contribution in [0.15, 0.2) is 86.3 Å². The lowest BCUT2D eigenvalue weighted by Gasteiger charge is -2.28. The summed E-state index contributed by atoms with van der Waals surface area (Å²) in [5.74, 6) is 0. The highest BCUT2D eigenvalue weighted by atomic mass is 16.3. The summed E-state index contributed by atoms with van der Waals surface area (Å²) in [7, 11) is 8.71. The molecule has 0 aromatic carbocycles. The second kappa shape index (κ2) is 34.7. The molecule has 0 bridgehead atoms. The van der Waals surface area contributed by atoms with E-state index in [2.05, 4.69) is 179 Å². The van der Waals surface area contributed by atoms with Crippen LogP contribution < -0.4 is 9.13 Å². The normalized spacial score (nSPS) is 16.8. The second-order valence-electron chi connectivity index (χ2n) is 17.9. The van der Waals surface area contributed by atoms with Crippen LogP contribution in [0.4, 0.5) is 0 Å². The summed E-state index contributed by atoms with van der Waals surface area (Å²) < 4.78 is 5.62. The molecule has 1 N–H and O–H groups in total. The van der Waals surface area contributed by atoms with Gasteiger partial charge < -0.3 is 39.0 Å². The number of pyridine rings is 2. The van der Waals surface area contributed by atoms with Crippen molar-refractivity contribution in [2.24, 2.45) is 0 Å². The van der Waals surface area contributed by atoms with E-state index in [9.17, 15) is 0 Å². The van der Waals surface area contributed by atoms with Gasteiger partial charge in [0.25, 0.3) is 0 Å². The first-order valence-electron chi connectivity index (χ1n) is 24.7. The van der Waals surface area contributed by atoms with E-state index < -0.39 is 0 Å². The van der Waals surface area contributed by atoms with Crippen molar-refractivity contribution in [2.45, 2.75) is 158 Å². The molecule has 2 aromatic rings. The van der Waals surface area contributed by atoms with Gasteiger partial charge in [-0.2, -0.15) is 0 Å². The number of aliphatic hydroxyl groups is 1. The molecule has 4 aliphatic heterocycles. The number of rotatable bonds is 17. The predicted octanol–water partition coefficient (Wildman–Crippen LogP) is 9.37. The third-order valence-electron chi connectivity index (χ3n) is 11.9. The van der Waals surface area contributed by atoms with E-state index in [1.54, 1.807) is 0 Å². The van der Waals surface area contributed by atoms with E-state index in [4.69, 9.17) is 5.11 Å². The molecule has 0 amide bonds. The molecule has 62 heavy (non-hydrogen) atoms. The number of hydrogen-bond acceptors (Lipinski definition) is 7. The first kappa shape index (κ1) is 56.3. The summed E-state index contributed by atoms with van der Waals surface area (Å²) in [6, 6.07) is 8.15. The van der Waals surface area contributed by atoms with Crippen molar-refractivity contribution in [3.05, 3.63) is 97.4 Å². The smallest absolute Gasteiger partial charge is 0.174 e. The summed E-state index contributed by atoms with van der Waals surface area (Å²) in [5.41, 5.74) is 2.29. The van der Waals surface area contributed by atoms with Gasteiger partial charge in [-0.3, -0.25) is 0 Å². The van der Waals surface area contributed by atoms with Gasteiger partial charge in [-0.1, -0.05) is 66.2 Å². The molecule has 4 aliphatic rings. The van der Waals surface area contributed by atoms with Gasteiger partial charge in [0.15, 0.2) is 24.8 Å². The highest BCUT2D eigenvalue weighted by Gasteiger charge is 2.25. The van der Waals surface area contributed by atoms with Crippen LogP contribution in [0, 0.1) is 6.92 Å². The molecule has 2 aromatic heterocycles. The molecule has 0 saturated carbocycles. The van der Waals surface area contributed by atoms with Crippen molar-refractivity contribution in [1.82, 2.24) is 29.4 Å². The summed E-state index contributed by atoms with van der Waals surface area (Å²) in [5, 5.41) is 8.74. The summed E-state index contributed by atoms with van der Waals surface area (Å²) >= 11 is 0. The number of nitrogens with zero attached hydrogens (tertiary/aromatic N) is 9. The van der Waals surface area contributed by atoms with Crippen LogP contribution in [0.2, 0.25) is 0 Å². The largest absolute Gasteiger partial charge is 0.391 e. The van der Waals surface area contributed by atoms with Gasteiger partial charge in [-0.15, -0.1) is 0 Å². The maximum Gasteiger partial charge on any atom is 0.174 e. The Morgan fingerprint density at radius 2 is 1.27 bits per heavy atom. The summed E-state index contributed by atoms with van der Waals surface area (Å²) in [4.78, 5) is 13.6. The summed E-state index contributed by atoms with van der Waals surface area (Å²) in [6.45, 7) is 29.7. The van der Waals surface area contributed by atoms with Gasteiger partial charge in [0.1, 0.15) is 13.1 Å². The predicted molar refractivity (Wildman–Crippen MR) is 264 cm³/mol. The fraction of sp³-hybridized carbons (Fsp3) is 0.692. The van der Waals surface area contributed by atoms with E-state index in [1.807, 2.05) is 29.1 Å². The highest BCUT2D eigenvalue weighted by Crippen LogP contribution is 2.17. The minimum absolute atomic E-state index is 0.126. The second-order valence-corrected chi connectivity index (χ2v) is 17.9. The lowest BCUT2D eigenvalue weighted by Crippen LogP contribution is -2.41. The molecule has 1 atom stereocenters. The Morgan fingerprint density at radius 3 is 1.76 bits per heavy atom. The molecule has 1 unspecified atom stereocenters. The van der Waals surface area contributed by atoms with Gasteiger partial charge in [0.05, 0.1) is 52.8 Å². The molecule has 0 aliphatic carbocycles. The minimum atomic E-state index is 0.126. The molecule has 0 spiro atoms.